The van der Waals surface area contributed by atoms with E-state index >= 15 is 0 Å². The zero-order valence-electron chi connectivity index (χ0n) is 14.8. The summed E-state index contributed by atoms with van der Waals surface area (Å²) in [5.74, 6) is -0.277. The molecule has 1 N–H and O–H groups in total. The lowest BCUT2D eigenvalue weighted by Gasteiger charge is -2.14. The second-order valence-corrected chi connectivity index (χ2v) is 6.76. The standard InChI is InChI=1S/C21H20FN3O/c1-24(2)11-12-25-19-6-4-3-5-16(19)20-17(21(25)26)13-18(23-20)14-7-9-15(22)10-8-14/h3-10,13,23H,11-12H2,1-2H3. The minimum atomic E-state index is -0.277. The van der Waals surface area contributed by atoms with Gasteiger partial charge >= 0.3 is 0 Å². The van der Waals surface area contributed by atoms with Crippen molar-refractivity contribution in [2.45, 2.75) is 6.54 Å². The summed E-state index contributed by atoms with van der Waals surface area (Å²) in [5, 5.41) is 1.66. The average Bonchev–Trinajstić information content (AvgIpc) is 3.08. The topological polar surface area (TPSA) is 41.0 Å². The van der Waals surface area contributed by atoms with E-state index in [9.17, 15) is 9.18 Å². The van der Waals surface area contributed by atoms with Crippen LogP contribution in [-0.4, -0.2) is 35.1 Å². The Morgan fingerprint density at radius 1 is 1.04 bits per heavy atom. The predicted octanol–water partition coefficient (Wildman–Crippen LogP) is 3.85. The maximum absolute atomic E-state index is 13.2. The van der Waals surface area contributed by atoms with Crippen LogP contribution in [0.4, 0.5) is 4.39 Å². The van der Waals surface area contributed by atoms with Crippen molar-refractivity contribution in [3.63, 3.8) is 0 Å². The number of fused-ring (bicyclic) bond motifs is 3. The number of halogens is 1. The molecule has 0 radical (unpaired) electrons. The summed E-state index contributed by atoms with van der Waals surface area (Å²) in [7, 11) is 3.99. The van der Waals surface area contributed by atoms with Crippen LogP contribution < -0.4 is 5.56 Å². The van der Waals surface area contributed by atoms with Gasteiger partial charge in [0.05, 0.1) is 16.4 Å². The van der Waals surface area contributed by atoms with Gasteiger partial charge in [-0.2, -0.15) is 0 Å². The first-order valence-electron chi connectivity index (χ1n) is 8.59. The Morgan fingerprint density at radius 2 is 1.77 bits per heavy atom. The Morgan fingerprint density at radius 3 is 2.50 bits per heavy atom. The molecule has 0 atom stereocenters. The molecular weight excluding hydrogens is 329 g/mol. The number of rotatable bonds is 4. The number of nitrogens with one attached hydrogen (secondary N) is 1. The largest absolute Gasteiger partial charge is 0.354 e. The van der Waals surface area contributed by atoms with Crippen molar-refractivity contribution in [2.24, 2.45) is 0 Å². The van der Waals surface area contributed by atoms with Gasteiger partial charge in [0, 0.05) is 24.2 Å². The molecule has 0 unspecified atom stereocenters. The van der Waals surface area contributed by atoms with Gasteiger partial charge in [0.1, 0.15) is 5.82 Å². The highest BCUT2D eigenvalue weighted by Crippen LogP contribution is 2.27. The summed E-state index contributed by atoms with van der Waals surface area (Å²) < 4.78 is 15.0. The number of likely N-dealkylation sites (N-methyl/N-ethyl adjacent to an activating group) is 1. The molecule has 26 heavy (non-hydrogen) atoms. The minimum Gasteiger partial charge on any atom is -0.354 e. The van der Waals surface area contributed by atoms with Crippen LogP contribution >= 0.6 is 0 Å². The number of aromatic amines is 1. The first kappa shape index (κ1) is 16.5. The van der Waals surface area contributed by atoms with Crippen molar-refractivity contribution in [1.82, 2.24) is 14.5 Å². The Kier molecular flexibility index (Phi) is 4.09. The van der Waals surface area contributed by atoms with E-state index < -0.39 is 0 Å². The summed E-state index contributed by atoms with van der Waals surface area (Å²) in [6, 6.07) is 16.1. The molecule has 4 aromatic rings. The van der Waals surface area contributed by atoms with E-state index in [1.165, 1.54) is 12.1 Å². The molecule has 132 valence electrons. The number of pyridine rings is 1. The zero-order valence-corrected chi connectivity index (χ0v) is 14.8. The monoisotopic (exact) mass is 349 g/mol. The van der Waals surface area contributed by atoms with Gasteiger partial charge in [-0.15, -0.1) is 0 Å². The second kappa shape index (κ2) is 6.42. The van der Waals surface area contributed by atoms with E-state index in [2.05, 4.69) is 9.88 Å². The number of hydrogen-bond acceptors (Lipinski definition) is 2. The Hall–Kier alpha value is -2.92. The van der Waals surface area contributed by atoms with E-state index in [4.69, 9.17) is 0 Å². The van der Waals surface area contributed by atoms with Crippen LogP contribution in [0.15, 0.2) is 59.4 Å². The molecule has 0 spiro atoms. The van der Waals surface area contributed by atoms with Crippen LogP contribution in [0.25, 0.3) is 33.1 Å². The van der Waals surface area contributed by atoms with Crippen LogP contribution in [0.1, 0.15) is 0 Å². The number of nitrogens with zero attached hydrogens (tertiary/aromatic N) is 2. The highest BCUT2D eigenvalue weighted by atomic mass is 19.1. The summed E-state index contributed by atoms with van der Waals surface area (Å²) in [6.45, 7) is 1.41. The van der Waals surface area contributed by atoms with Gasteiger partial charge in [-0.1, -0.05) is 18.2 Å². The zero-order chi connectivity index (χ0) is 18.3. The van der Waals surface area contributed by atoms with E-state index in [0.717, 1.165) is 34.2 Å². The second-order valence-electron chi connectivity index (χ2n) is 6.76. The van der Waals surface area contributed by atoms with Crippen molar-refractivity contribution in [2.75, 3.05) is 20.6 Å². The van der Waals surface area contributed by atoms with Crippen LogP contribution in [0.5, 0.6) is 0 Å². The fourth-order valence-corrected chi connectivity index (χ4v) is 3.32. The smallest absolute Gasteiger partial charge is 0.260 e. The molecule has 0 amide bonds. The van der Waals surface area contributed by atoms with Crippen LogP contribution in [0, 0.1) is 5.82 Å². The van der Waals surface area contributed by atoms with Gasteiger partial charge in [0.2, 0.25) is 0 Å². The molecule has 0 aliphatic rings. The maximum atomic E-state index is 13.2. The van der Waals surface area contributed by atoms with Gasteiger partial charge in [-0.05, 0) is 56.1 Å². The molecule has 0 fully saturated rings. The van der Waals surface area contributed by atoms with Gasteiger partial charge in [0.25, 0.3) is 5.56 Å². The molecule has 4 rings (SSSR count). The average molecular weight is 349 g/mol. The highest BCUT2D eigenvalue weighted by molar-refractivity contribution is 6.05. The quantitative estimate of drug-likeness (QED) is 0.608. The number of para-hydroxylation sites is 1. The molecule has 2 aromatic heterocycles. The van der Waals surface area contributed by atoms with Gasteiger partial charge in [-0.3, -0.25) is 4.79 Å². The fourth-order valence-electron chi connectivity index (χ4n) is 3.32. The van der Waals surface area contributed by atoms with Gasteiger partial charge in [0.15, 0.2) is 0 Å². The Balaban J connectivity index is 1.97. The molecule has 4 nitrogen and oxygen atoms in total. The van der Waals surface area contributed by atoms with Crippen molar-refractivity contribution in [3.05, 3.63) is 70.8 Å². The Labute approximate surface area is 150 Å². The molecular formula is C21H20FN3O. The lowest BCUT2D eigenvalue weighted by Crippen LogP contribution is -2.26. The summed E-state index contributed by atoms with van der Waals surface area (Å²) >= 11 is 0. The molecule has 2 aromatic carbocycles. The van der Waals surface area contributed by atoms with E-state index in [1.807, 2.05) is 49.0 Å². The molecule has 2 heterocycles. The normalized spacial score (nSPS) is 11.7. The number of benzene rings is 2. The van der Waals surface area contributed by atoms with Crippen molar-refractivity contribution >= 4 is 21.8 Å². The van der Waals surface area contributed by atoms with Crippen molar-refractivity contribution in [1.29, 1.82) is 0 Å². The van der Waals surface area contributed by atoms with Crippen LogP contribution in [-0.2, 0) is 6.54 Å². The minimum absolute atomic E-state index is 0.00911. The third-order valence-corrected chi connectivity index (χ3v) is 4.68. The summed E-state index contributed by atoms with van der Waals surface area (Å²) in [5.41, 5.74) is 3.40. The number of hydrogen-bond donors (Lipinski definition) is 1. The number of aromatic nitrogens is 2. The first-order valence-corrected chi connectivity index (χ1v) is 8.59. The molecule has 0 aliphatic carbocycles. The molecule has 0 aliphatic heterocycles. The summed E-state index contributed by atoms with van der Waals surface area (Å²) in [6.07, 6.45) is 0. The Bertz CT molecular complexity index is 1140. The third kappa shape index (κ3) is 2.80. The maximum Gasteiger partial charge on any atom is 0.260 e. The third-order valence-electron chi connectivity index (χ3n) is 4.68. The summed E-state index contributed by atoms with van der Waals surface area (Å²) in [4.78, 5) is 18.5. The fraction of sp³-hybridized carbons (Fsp3) is 0.190. The van der Waals surface area contributed by atoms with Crippen LogP contribution in [0.2, 0.25) is 0 Å². The highest BCUT2D eigenvalue weighted by Gasteiger charge is 2.14. The van der Waals surface area contributed by atoms with E-state index in [1.54, 1.807) is 12.1 Å². The lowest BCUT2D eigenvalue weighted by atomic mass is 10.1. The number of H-pyrrole nitrogens is 1. The van der Waals surface area contributed by atoms with Crippen molar-refractivity contribution < 1.29 is 4.39 Å². The SMILES string of the molecule is CN(C)CCn1c(=O)c2cc(-c3ccc(F)cc3)[nH]c2c2ccccc21. The molecule has 0 bridgehead atoms. The first-order chi connectivity index (χ1) is 12.5. The molecule has 0 saturated heterocycles. The van der Waals surface area contributed by atoms with Gasteiger partial charge in [-0.25, -0.2) is 4.39 Å². The lowest BCUT2D eigenvalue weighted by molar-refractivity contribution is 0.384. The van der Waals surface area contributed by atoms with E-state index in [0.29, 0.717) is 11.9 Å². The molecule has 5 heteroatoms. The van der Waals surface area contributed by atoms with E-state index in [-0.39, 0.29) is 11.4 Å². The van der Waals surface area contributed by atoms with Crippen LogP contribution in [0.3, 0.4) is 0 Å². The predicted molar refractivity (Wildman–Crippen MR) is 104 cm³/mol. The van der Waals surface area contributed by atoms with Crippen molar-refractivity contribution in [3.8, 4) is 11.3 Å². The van der Waals surface area contributed by atoms with Gasteiger partial charge < -0.3 is 14.5 Å². The molecule has 0 saturated carbocycles.